The number of rotatable bonds is 4. The molecule has 3 nitrogen and oxygen atoms in total. The third kappa shape index (κ3) is 5.57. The molecule has 0 aliphatic carbocycles. The van der Waals surface area contributed by atoms with Crippen LogP contribution in [0, 0.1) is 5.82 Å². The molecule has 5 heteroatoms. The fourth-order valence-electron chi connectivity index (χ4n) is 1.39. The van der Waals surface area contributed by atoms with E-state index in [-0.39, 0.29) is 11.0 Å². The third-order valence-corrected chi connectivity index (χ3v) is 2.65. The molecule has 0 fully saturated rings. The second-order valence-electron chi connectivity index (χ2n) is 5.38. The van der Waals surface area contributed by atoms with Gasteiger partial charge in [-0.2, -0.15) is 0 Å². The number of hydrogen-bond acceptors (Lipinski definition) is 3. The van der Waals surface area contributed by atoms with Gasteiger partial charge in [0.15, 0.2) is 0 Å². The van der Waals surface area contributed by atoms with E-state index in [4.69, 9.17) is 16.3 Å². The van der Waals surface area contributed by atoms with Crippen molar-refractivity contribution in [1.29, 1.82) is 0 Å². The Morgan fingerprint density at radius 3 is 2.63 bits per heavy atom. The maximum Gasteiger partial charge on any atom is 0.323 e. The molecule has 0 heterocycles. The Bertz CT molecular complexity index is 457. The van der Waals surface area contributed by atoms with Crippen molar-refractivity contribution in [1.82, 2.24) is 5.32 Å². The lowest BCUT2D eigenvalue weighted by Crippen LogP contribution is -2.38. The molecule has 1 aromatic rings. The van der Waals surface area contributed by atoms with E-state index in [1.54, 1.807) is 13.0 Å². The van der Waals surface area contributed by atoms with Crippen LogP contribution in [0.1, 0.15) is 33.3 Å². The second kappa shape index (κ2) is 6.35. The van der Waals surface area contributed by atoms with Crippen LogP contribution in [0.25, 0.3) is 0 Å². The Hall–Kier alpha value is -1.13. The first-order valence-corrected chi connectivity index (χ1v) is 6.47. The predicted octanol–water partition coefficient (Wildman–Crippen LogP) is 3.30. The maximum absolute atomic E-state index is 13.0. The van der Waals surface area contributed by atoms with Gasteiger partial charge in [0.1, 0.15) is 17.5 Å². The minimum absolute atomic E-state index is 0.0734. The molecule has 106 valence electrons. The van der Waals surface area contributed by atoms with Crippen LogP contribution in [-0.4, -0.2) is 17.6 Å². The van der Waals surface area contributed by atoms with Crippen LogP contribution in [0.5, 0.6) is 0 Å². The molecule has 0 spiro atoms. The number of ether oxygens (including phenoxy) is 1. The first-order valence-electron chi connectivity index (χ1n) is 6.09. The molecule has 0 saturated heterocycles. The van der Waals surface area contributed by atoms with Gasteiger partial charge in [0, 0.05) is 6.54 Å². The molecule has 1 unspecified atom stereocenters. The van der Waals surface area contributed by atoms with Crippen LogP contribution in [0.3, 0.4) is 0 Å². The predicted molar refractivity (Wildman–Crippen MR) is 73.6 cm³/mol. The van der Waals surface area contributed by atoms with Crippen molar-refractivity contribution in [2.24, 2.45) is 0 Å². The van der Waals surface area contributed by atoms with Crippen LogP contribution in [0.4, 0.5) is 4.39 Å². The summed E-state index contributed by atoms with van der Waals surface area (Å²) in [6.45, 7) is 7.59. The molecule has 0 radical (unpaired) electrons. The summed E-state index contributed by atoms with van der Waals surface area (Å²) in [6.07, 6.45) is 0. The highest BCUT2D eigenvalue weighted by molar-refractivity contribution is 6.30. The number of hydrogen-bond donors (Lipinski definition) is 1. The zero-order valence-corrected chi connectivity index (χ0v) is 12.3. The molecular weight excluding hydrogens is 269 g/mol. The van der Waals surface area contributed by atoms with E-state index in [1.165, 1.54) is 12.1 Å². The van der Waals surface area contributed by atoms with E-state index in [0.29, 0.717) is 6.54 Å². The van der Waals surface area contributed by atoms with Gasteiger partial charge in [-0.15, -0.1) is 0 Å². The molecule has 1 N–H and O–H groups in total. The Morgan fingerprint density at radius 1 is 1.47 bits per heavy atom. The zero-order chi connectivity index (χ0) is 14.6. The van der Waals surface area contributed by atoms with Crippen molar-refractivity contribution >= 4 is 17.6 Å². The highest BCUT2D eigenvalue weighted by Gasteiger charge is 2.21. The monoisotopic (exact) mass is 287 g/mol. The summed E-state index contributed by atoms with van der Waals surface area (Å²) in [5, 5.41) is 3.09. The Balaban J connectivity index is 2.52. The summed E-state index contributed by atoms with van der Waals surface area (Å²) in [5.41, 5.74) is 0.299. The van der Waals surface area contributed by atoms with E-state index in [2.05, 4.69) is 5.32 Å². The lowest BCUT2D eigenvalue weighted by molar-refractivity contribution is -0.157. The molecule has 0 aliphatic heterocycles. The van der Waals surface area contributed by atoms with Crippen molar-refractivity contribution in [3.8, 4) is 0 Å². The quantitative estimate of drug-likeness (QED) is 0.864. The van der Waals surface area contributed by atoms with Crippen LogP contribution in [-0.2, 0) is 16.1 Å². The molecule has 0 bridgehead atoms. The summed E-state index contributed by atoms with van der Waals surface area (Å²) in [7, 11) is 0. The van der Waals surface area contributed by atoms with Crippen LogP contribution in [0.15, 0.2) is 18.2 Å². The number of nitrogens with one attached hydrogen (secondary N) is 1. The lowest BCUT2D eigenvalue weighted by Gasteiger charge is -2.22. The fourth-order valence-corrected chi connectivity index (χ4v) is 1.60. The van der Waals surface area contributed by atoms with E-state index < -0.39 is 17.5 Å². The van der Waals surface area contributed by atoms with Gasteiger partial charge >= 0.3 is 5.97 Å². The van der Waals surface area contributed by atoms with Crippen molar-refractivity contribution in [3.05, 3.63) is 34.6 Å². The van der Waals surface area contributed by atoms with Gasteiger partial charge in [-0.25, -0.2) is 4.39 Å². The molecule has 19 heavy (non-hydrogen) atoms. The van der Waals surface area contributed by atoms with E-state index >= 15 is 0 Å². The molecule has 0 saturated carbocycles. The molecule has 1 aromatic carbocycles. The van der Waals surface area contributed by atoms with E-state index in [0.717, 1.165) is 5.56 Å². The van der Waals surface area contributed by atoms with Crippen molar-refractivity contribution < 1.29 is 13.9 Å². The normalized spacial score (nSPS) is 13.2. The first kappa shape index (κ1) is 15.9. The van der Waals surface area contributed by atoms with Crippen LogP contribution in [0.2, 0.25) is 5.02 Å². The summed E-state index contributed by atoms with van der Waals surface area (Å²) in [5.74, 6) is -0.772. The fraction of sp³-hybridized carbons (Fsp3) is 0.500. The average Bonchev–Trinajstić information content (AvgIpc) is 2.28. The van der Waals surface area contributed by atoms with Crippen LogP contribution < -0.4 is 5.32 Å². The third-order valence-electron chi connectivity index (χ3n) is 2.36. The Labute approximate surface area is 118 Å². The highest BCUT2D eigenvalue weighted by Crippen LogP contribution is 2.16. The largest absolute Gasteiger partial charge is 0.459 e. The summed E-state index contributed by atoms with van der Waals surface area (Å²) >= 11 is 5.68. The van der Waals surface area contributed by atoms with Gasteiger partial charge < -0.3 is 10.1 Å². The summed E-state index contributed by atoms with van der Waals surface area (Å²) in [6, 6.07) is 4.02. The van der Waals surface area contributed by atoms with Gasteiger partial charge in [0.2, 0.25) is 0 Å². The van der Waals surface area contributed by atoms with Crippen LogP contribution >= 0.6 is 11.6 Å². The zero-order valence-electron chi connectivity index (χ0n) is 11.6. The number of halogens is 2. The molecule has 0 aliphatic rings. The standard InChI is InChI=1S/C14H19ClFNO2/c1-9(13(18)19-14(2,3)4)17-8-10-5-6-12(16)11(15)7-10/h5-7,9,17H,8H2,1-4H3. The molecule has 0 aromatic heterocycles. The maximum atomic E-state index is 13.0. The summed E-state index contributed by atoms with van der Waals surface area (Å²) < 4.78 is 18.2. The van der Waals surface area contributed by atoms with E-state index in [1.807, 2.05) is 20.8 Å². The minimum atomic E-state index is -0.508. The molecular formula is C14H19ClFNO2. The summed E-state index contributed by atoms with van der Waals surface area (Å²) in [4.78, 5) is 11.7. The topological polar surface area (TPSA) is 38.3 Å². The van der Waals surface area contributed by atoms with Gasteiger partial charge in [0.25, 0.3) is 0 Å². The SMILES string of the molecule is CC(NCc1ccc(F)c(Cl)c1)C(=O)OC(C)(C)C. The Kier molecular flexibility index (Phi) is 5.32. The highest BCUT2D eigenvalue weighted by atomic mass is 35.5. The molecule has 1 atom stereocenters. The van der Waals surface area contributed by atoms with Gasteiger partial charge in [-0.3, -0.25) is 4.79 Å². The van der Waals surface area contributed by atoms with Crippen molar-refractivity contribution in [2.45, 2.75) is 45.9 Å². The number of benzene rings is 1. The second-order valence-corrected chi connectivity index (χ2v) is 5.79. The van der Waals surface area contributed by atoms with Crippen molar-refractivity contribution in [2.75, 3.05) is 0 Å². The lowest BCUT2D eigenvalue weighted by atomic mass is 10.2. The number of carbonyl (C=O) groups is 1. The average molecular weight is 288 g/mol. The van der Waals surface area contributed by atoms with Gasteiger partial charge in [0.05, 0.1) is 5.02 Å². The van der Waals surface area contributed by atoms with E-state index in [9.17, 15) is 9.18 Å². The van der Waals surface area contributed by atoms with Gasteiger partial charge in [-0.1, -0.05) is 17.7 Å². The minimum Gasteiger partial charge on any atom is -0.459 e. The van der Waals surface area contributed by atoms with Crippen molar-refractivity contribution in [3.63, 3.8) is 0 Å². The molecule has 0 amide bonds. The Morgan fingerprint density at radius 2 is 2.11 bits per heavy atom. The first-order chi connectivity index (χ1) is 8.69. The number of carbonyl (C=O) groups excluding carboxylic acids is 1. The smallest absolute Gasteiger partial charge is 0.323 e. The number of esters is 1. The van der Waals surface area contributed by atoms with Gasteiger partial charge in [-0.05, 0) is 45.4 Å². The molecule has 1 rings (SSSR count).